The Morgan fingerprint density at radius 2 is 1.72 bits per heavy atom. The molecule has 4 aromatic rings. The number of phenolic OH excluding ortho intramolecular Hbond substituents is 1. The van der Waals surface area contributed by atoms with Gasteiger partial charge >= 0.3 is 5.97 Å². The molecule has 3 N–H and O–H groups in total. The van der Waals surface area contributed by atoms with Gasteiger partial charge in [-0.3, -0.25) is 9.87 Å². The highest BCUT2D eigenvalue weighted by molar-refractivity contribution is 5.97. The molecule has 7 heteroatoms. The van der Waals surface area contributed by atoms with E-state index in [1.807, 2.05) is 48.5 Å². The third-order valence-corrected chi connectivity index (χ3v) is 6.16. The molecule has 0 aliphatic heterocycles. The summed E-state index contributed by atoms with van der Waals surface area (Å²) in [7, 11) is 1.64. The second-order valence-corrected chi connectivity index (χ2v) is 9.14. The van der Waals surface area contributed by atoms with Crippen molar-refractivity contribution in [2.45, 2.75) is 25.7 Å². The molecule has 1 heterocycles. The Kier molecular flexibility index (Phi) is 7.22. The summed E-state index contributed by atoms with van der Waals surface area (Å²) in [5, 5.41) is 22.8. The molecule has 0 aliphatic carbocycles. The molecule has 0 radical (unpaired) electrons. The van der Waals surface area contributed by atoms with E-state index in [4.69, 9.17) is 9.99 Å². The second-order valence-electron chi connectivity index (χ2n) is 9.14. The number of aromatic hydroxyl groups is 1. The fourth-order valence-corrected chi connectivity index (χ4v) is 4.20. The Labute approximate surface area is 209 Å². The molecule has 184 valence electrons. The van der Waals surface area contributed by atoms with Crippen LogP contribution < -0.4 is 10.1 Å². The first-order chi connectivity index (χ1) is 17.3. The Bertz CT molecular complexity index is 1370. The van der Waals surface area contributed by atoms with E-state index in [2.05, 4.69) is 29.0 Å². The number of pyridine rings is 1. The number of carbonyl (C=O) groups excluding carboxylic acids is 1. The van der Waals surface area contributed by atoms with Gasteiger partial charge in [-0.1, -0.05) is 38.1 Å². The third-order valence-electron chi connectivity index (χ3n) is 6.16. The van der Waals surface area contributed by atoms with E-state index >= 15 is 0 Å². The highest BCUT2D eigenvalue weighted by Crippen LogP contribution is 2.36. The van der Waals surface area contributed by atoms with Gasteiger partial charge in [-0.2, -0.15) is 5.26 Å². The zero-order chi connectivity index (χ0) is 25.7. The molecule has 0 fully saturated rings. The molecule has 4 rings (SSSR count). The third kappa shape index (κ3) is 5.47. The van der Waals surface area contributed by atoms with Crippen molar-refractivity contribution in [1.29, 1.82) is 0 Å². The predicted octanol–water partition coefficient (Wildman–Crippen LogP) is 6.36. The molecule has 0 spiro atoms. The molecule has 0 aliphatic rings. The molecule has 0 bridgehead atoms. The van der Waals surface area contributed by atoms with E-state index in [-0.39, 0.29) is 16.7 Å². The molecule has 0 amide bonds. The monoisotopic (exact) mass is 484 g/mol. The molecule has 36 heavy (non-hydrogen) atoms. The lowest BCUT2D eigenvalue weighted by atomic mass is 9.78. The summed E-state index contributed by atoms with van der Waals surface area (Å²) >= 11 is 0. The lowest BCUT2D eigenvalue weighted by molar-refractivity contribution is -0.182. The van der Waals surface area contributed by atoms with Crippen molar-refractivity contribution in [3.63, 3.8) is 0 Å². The van der Waals surface area contributed by atoms with Gasteiger partial charge in [0.25, 0.3) is 0 Å². The van der Waals surface area contributed by atoms with Crippen LogP contribution in [0.25, 0.3) is 11.1 Å². The average Bonchev–Trinajstić information content (AvgIpc) is 2.89. The molecular weight excluding hydrogens is 456 g/mol. The van der Waals surface area contributed by atoms with Crippen LogP contribution in [0.15, 0.2) is 85.2 Å². The summed E-state index contributed by atoms with van der Waals surface area (Å²) in [6.45, 7) is 4.22. The van der Waals surface area contributed by atoms with Gasteiger partial charge in [-0.05, 0) is 82.6 Å². The number of hydrogen-bond acceptors (Lipinski definition) is 7. The minimum Gasteiger partial charge on any atom is -0.506 e. The van der Waals surface area contributed by atoms with Crippen LogP contribution in [-0.4, -0.2) is 28.4 Å². The van der Waals surface area contributed by atoms with E-state index in [1.165, 1.54) is 0 Å². The van der Waals surface area contributed by atoms with Crippen LogP contribution in [0.4, 0.5) is 11.4 Å². The number of aromatic nitrogens is 1. The average molecular weight is 485 g/mol. The molecule has 7 nitrogen and oxygen atoms in total. The van der Waals surface area contributed by atoms with Crippen molar-refractivity contribution in [3.05, 3.63) is 102 Å². The number of nitrogens with one attached hydrogen (secondary N) is 1. The van der Waals surface area contributed by atoms with E-state index in [1.54, 1.807) is 43.8 Å². The SMILES string of the molecule is COc1cccc(CC(C)(C)c2ccc(C(=O)OO)c(Nc3cc(-c4ccncc4)ccc3O)c2)c1. The number of nitrogens with zero attached hydrogens (tertiary/aromatic N) is 1. The van der Waals surface area contributed by atoms with E-state index in [0.29, 0.717) is 11.4 Å². The first-order valence-electron chi connectivity index (χ1n) is 11.4. The fraction of sp³-hybridized carbons (Fsp3) is 0.172. The lowest BCUT2D eigenvalue weighted by Gasteiger charge is -2.27. The zero-order valence-corrected chi connectivity index (χ0v) is 20.4. The lowest BCUT2D eigenvalue weighted by Crippen LogP contribution is -2.21. The van der Waals surface area contributed by atoms with Crippen LogP contribution in [0.1, 0.15) is 35.3 Å². The summed E-state index contributed by atoms with van der Waals surface area (Å²) in [6.07, 6.45) is 4.10. The summed E-state index contributed by atoms with van der Waals surface area (Å²) in [4.78, 5) is 20.4. The number of phenols is 1. The molecule has 1 aromatic heterocycles. The van der Waals surface area contributed by atoms with Gasteiger partial charge in [-0.25, -0.2) is 4.79 Å². The first kappa shape index (κ1) is 24.8. The number of methoxy groups -OCH3 is 1. The Balaban J connectivity index is 1.71. The maximum absolute atomic E-state index is 12.3. The van der Waals surface area contributed by atoms with Gasteiger partial charge < -0.3 is 15.2 Å². The minimum atomic E-state index is -0.903. The van der Waals surface area contributed by atoms with Crippen LogP contribution in [0.5, 0.6) is 11.5 Å². The molecular formula is C29H28N2O5. The van der Waals surface area contributed by atoms with E-state index in [9.17, 15) is 9.90 Å². The number of hydrogen-bond donors (Lipinski definition) is 3. The Morgan fingerprint density at radius 1 is 0.944 bits per heavy atom. The number of ether oxygens (including phenoxy) is 1. The summed E-state index contributed by atoms with van der Waals surface area (Å²) < 4.78 is 5.36. The van der Waals surface area contributed by atoms with E-state index < -0.39 is 5.97 Å². The Morgan fingerprint density at radius 3 is 2.44 bits per heavy atom. The summed E-state index contributed by atoms with van der Waals surface area (Å²) in [5.74, 6) is -0.104. The van der Waals surface area contributed by atoms with Gasteiger partial charge in [-0.15, -0.1) is 0 Å². The zero-order valence-electron chi connectivity index (χ0n) is 20.4. The van der Waals surface area contributed by atoms with Gasteiger partial charge in [0.05, 0.1) is 24.0 Å². The normalized spacial score (nSPS) is 11.1. The number of benzene rings is 3. The van der Waals surface area contributed by atoms with Crippen LogP contribution >= 0.6 is 0 Å². The van der Waals surface area contributed by atoms with Crippen molar-refractivity contribution >= 4 is 17.3 Å². The van der Waals surface area contributed by atoms with Crippen molar-refractivity contribution in [3.8, 4) is 22.6 Å². The maximum atomic E-state index is 12.3. The molecule has 0 saturated heterocycles. The van der Waals surface area contributed by atoms with Crippen LogP contribution in [-0.2, 0) is 16.7 Å². The van der Waals surface area contributed by atoms with Crippen molar-refractivity contribution < 1.29 is 24.8 Å². The highest BCUT2D eigenvalue weighted by atomic mass is 17.1. The van der Waals surface area contributed by atoms with E-state index in [0.717, 1.165) is 34.4 Å². The van der Waals surface area contributed by atoms with Crippen molar-refractivity contribution in [1.82, 2.24) is 4.98 Å². The summed E-state index contributed by atoms with van der Waals surface area (Å²) in [6, 6.07) is 22.1. The van der Waals surface area contributed by atoms with Crippen molar-refractivity contribution in [2.75, 3.05) is 12.4 Å². The minimum absolute atomic E-state index is 0.0113. The molecule has 0 unspecified atom stereocenters. The molecule has 3 aromatic carbocycles. The first-order valence-corrected chi connectivity index (χ1v) is 11.4. The second kappa shape index (κ2) is 10.5. The maximum Gasteiger partial charge on any atom is 0.374 e. The quantitative estimate of drug-likeness (QED) is 0.152. The fourth-order valence-electron chi connectivity index (χ4n) is 4.20. The largest absolute Gasteiger partial charge is 0.506 e. The van der Waals surface area contributed by atoms with Crippen LogP contribution in [0.2, 0.25) is 0 Å². The van der Waals surface area contributed by atoms with Crippen LogP contribution in [0, 0.1) is 0 Å². The smallest absolute Gasteiger partial charge is 0.374 e. The van der Waals surface area contributed by atoms with Gasteiger partial charge in [0.2, 0.25) is 0 Å². The molecule has 0 saturated carbocycles. The topological polar surface area (TPSA) is 101 Å². The van der Waals surface area contributed by atoms with Gasteiger partial charge in [0.1, 0.15) is 11.5 Å². The number of carbonyl (C=O) groups is 1. The number of anilines is 2. The van der Waals surface area contributed by atoms with Crippen molar-refractivity contribution in [2.24, 2.45) is 0 Å². The summed E-state index contributed by atoms with van der Waals surface area (Å²) in [5.41, 5.74) is 4.46. The standard InChI is InChI=1S/C29H28N2O5/c1-29(2,18-19-5-4-6-23(15-19)35-3)22-8-9-24(28(33)36-34)25(17-22)31-26-16-21(7-10-27(26)32)20-11-13-30-14-12-20/h4-17,31-32,34H,18H2,1-3H3. The highest BCUT2D eigenvalue weighted by Gasteiger charge is 2.24. The Hall–Kier alpha value is -4.36. The van der Waals surface area contributed by atoms with Gasteiger partial charge in [0, 0.05) is 12.4 Å². The van der Waals surface area contributed by atoms with Crippen LogP contribution in [0.3, 0.4) is 0 Å². The van der Waals surface area contributed by atoms with Gasteiger partial charge in [0.15, 0.2) is 0 Å². The molecule has 0 atom stereocenters. The predicted molar refractivity (Wildman–Crippen MR) is 139 cm³/mol. The number of rotatable bonds is 8.